The normalized spacial score (nSPS) is 40.5. The zero-order chi connectivity index (χ0) is 28.8. The van der Waals surface area contributed by atoms with E-state index in [9.17, 15) is 24.3 Å². The van der Waals surface area contributed by atoms with Gasteiger partial charge in [0.1, 0.15) is 0 Å². The Balaban J connectivity index is 1.71. The maximum atomic E-state index is 14.0. The van der Waals surface area contributed by atoms with Gasteiger partial charge in [-0.25, -0.2) is 9.59 Å². The van der Waals surface area contributed by atoms with E-state index in [1.807, 2.05) is 27.7 Å². The molecule has 3 fully saturated rings. The Kier molecular flexibility index (Phi) is 8.00. The van der Waals surface area contributed by atoms with Crippen molar-refractivity contribution in [3.63, 3.8) is 0 Å². The molecule has 0 aromatic rings. The molecule has 1 unspecified atom stereocenters. The molecule has 0 amide bonds. The highest BCUT2D eigenvalue weighted by molar-refractivity contribution is 6.26. The van der Waals surface area contributed by atoms with Gasteiger partial charge in [-0.05, 0) is 56.1 Å². The molecule has 3 saturated carbocycles. The molecular formula is C29H39ClO9. The van der Waals surface area contributed by atoms with Crippen LogP contribution in [0.1, 0.15) is 66.2 Å². The van der Waals surface area contributed by atoms with E-state index in [2.05, 4.69) is 0 Å². The first-order chi connectivity index (χ1) is 18.3. The van der Waals surface area contributed by atoms with E-state index in [0.717, 1.165) is 19.1 Å². The minimum Gasteiger partial charge on any atom is -0.438 e. The number of hydrogen-bond acceptors (Lipinski definition) is 9. The largest absolute Gasteiger partial charge is 0.509 e. The number of ether oxygens (including phenoxy) is 4. The van der Waals surface area contributed by atoms with Gasteiger partial charge in [-0.2, -0.15) is 0 Å². The zero-order valence-corrected chi connectivity index (χ0v) is 24.0. The molecular weight excluding hydrogens is 528 g/mol. The Hall–Kier alpha value is -2.39. The summed E-state index contributed by atoms with van der Waals surface area (Å²) in [6.07, 6.45) is 5.05. The molecule has 4 aliphatic carbocycles. The molecule has 0 aromatic carbocycles. The molecule has 39 heavy (non-hydrogen) atoms. The number of ketones is 2. The van der Waals surface area contributed by atoms with Crippen molar-refractivity contribution in [3.8, 4) is 0 Å². The average molecular weight is 567 g/mol. The van der Waals surface area contributed by atoms with E-state index in [0.29, 0.717) is 25.7 Å². The van der Waals surface area contributed by atoms with Crippen molar-refractivity contribution in [1.82, 2.24) is 0 Å². The molecule has 4 rings (SSSR count). The van der Waals surface area contributed by atoms with Crippen LogP contribution in [-0.2, 0) is 28.5 Å². The third-order valence-electron chi connectivity index (χ3n) is 10.0. The molecule has 9 nitrogen and oxygen atoms in total. The first-order valence-electron chi connectivity index (χ1n) is 13.7. The van der Waals surface area contributed by atoms with Gasteiger partial charge in [-0.15, -0.1) is 11.6 Å². The lowest BCUT2D eigenvalue weighted by Crippen LogP contribution is -2.69. The maximum Gasteiger partial charge on any atom is 0.509 e. The van der Waals surface area contributed by atoms with Crippen molar-refractivity contribution < 1.29 is 43.2 Å². The van der Waals surface area contributed by atoms with E-state index in [1.165, 1.54) is 6.08 Å². The van der Waals surface area contributed by atoms with Gasteiger partial charge in [0.25, 0.3) is 0 Å². The summed E-state index contributed by atoms with van der Waals surface area (Å²) in [7, 11) is 1.16. The summed E-state index contributed by atoms with van der Waals surface area (Å²) in [5.74, 6) is -1.67. The quantitative estimate of drug-likeness (QED) is 0.260. The van der Waals surface area contributed by atoms with Crippen molar-refractivity contribution in [2.24, 2.45) is 28.6 Å². The predicted octanol–water partition coefficient (Wildman–Crippen LogP) is 4.92. The lowest BCUT2D eigenvalue weighted by molar-refractivity contribution is -0.185. The van der Waals surface area contributed by atoms with Gasteiger partial charge in [0.15, 0.2) is 18.0 Å². The van der Waals surface area contributed by atoms with E-state index in [1.54, 1.807) is 12.2 Å². The summed E-state index contributed by atoms with van der Waals surface area (Å²) in [6, 6.07) is 0. The number of Topliss-reactive ketones (excluding diaryl/α,β-unsaturated/α-hetero) is 1. The van der Waals surface area contributed by atoms with Crippen molar-refractivity contribution in [1.29, 1.82) is 0 Å². The molecule has 0 radical (unpaired) electrons. The molecule has 0 aliphatic heterocycles. The number of carbonyl (C=O) groups is 4. The molecule has 0 saturated heterocycles. The van der Waals surface area contributed by atoms with Crippen LogP contribution in [0.2, 0.25) is 0 Å². The molecule has 0 heterocycles. The highest BCUT2D eigenvalue weighted by atomic mass is 35.5. The van der Waals surface area contributed by atoms with Gasteiger partial charge in [0, 0.05) is 16.7 Å². The van der Waals surface area contributed by atoms with E-state index >= 15 is 0 Å². The highest BCUT2D eigenvalue weighted by Gasteiger charge is 2.76. The molecule has 0 aromatic heterocycles. The van der Waals surface area contributed by atoms with Crippen molar-refractivity contribution in [2.75, 3.05) is 20.3 Å². The van der Waals surface area contributed by atoms with Gasteiger partial charge in [0.05, 0.1) is 24.7 Å². The minimum atomic E-state index is -1.73. The Morgan fingerprint density at radius 2 is 1.87 bits per heavy atom. The summed E-state index contributed by atoms with van der Waals surface area (Å²) in [5.41, 5.74) is -2.65. The Morgan fingerprint density at radius 1 is 1.15 bits per heavy atom. The standard InChI is InChI=1S/C29H39ClO9/c1-6-7-12-37-25(35)38-16-23(33)29(39-24(34)36-5)17(2)13-21-20-9-8-18-14-19(31)10-11-26(18,3)28(20,30)22(32)15-27(21,29)4/h10-11,14,17,20-22,32H,6-9,12-13,15-16H2,1-5H3/t17-,20+,21+,22?,26+,27+,28+,29+/m1/s1. The minimum absolute atomic E-state index is 0.0519. The number of aliphatic hydroxyl groups excluding tert-OH is 1. The number of carbonyl (C=O) groups excluding carboxylic acids is 4. The van der Waals surface area contributed by atoms with Gasteiger partial charge in [-0.1, -0.05) is 45.8 Å². The van der Waals surface area contributed by atoms with Crippen LogP contribution in [0.25, 0.3) is 0 Å². The second-order valence-electron chi connectivity index (χ2n) is 11.9. The fraction of sp³-hybridized carbons (Fsp3) is 0.724. The number of allylic oxidation sites excluding steroid dienone is 4. The van der Waals surface area contributed by atoms with Crippen molar-refractivity contribution in [3.05, 3.63) is 23.8 Å². The lowest BCUT2D eigenvalue weighted by atomic mass is 9.45. The maximum absolute atomic E-state index is 14.0. The van der Waals surface area contributed by atoms with Crippen LogP contribution in [0.4, 0.5) is 9.59 Å². The molecule has 0 spiro atoms. The van der Waals surface area contributed by atoms with Crippen LogP contribution in [-0.4, -0.2) is 65.9 Å². The summed E-state index contributed by atoms with van der Waals surface area (Å²) >= 11 is 7.48. The molecule has 216 valence electrons. The van der Waals surface area contributed by atoms with Gasteiger partial charge >= 0.3 is 12.3 Å². The summed E-state index contributed by atoms with van der Waals surface area (Å²) in [5, 5.41) is 11.8. The van der Waals surface area contributed by atoms with Crippen LogP contribution in [0.5, 0.6) is 0 Å². The number of methoxy groups -OCH3 is 1. The second-order valence-corrected chi connectivity index (χ2v) is 12.5. The fourth-order valence-electron chi connectivity index (χ4n) is 8.15. The predicted molar refractivity (Wildman–Crippen MR) is 141 cm³/mol. The van der Waals surface area contributed by atoms with E-state index < -0.39 is 58.0 Å². The third-order valence-corrected chi connectivity index (χ3v) is 11.0. The molecule has 8 atom stereocenters. The molecule has 4 aliphatic rings. The first kappa shape index (κ1) is 29.6. The summed E-state index contributed by atoms with van der Waals surface area (Å²) in [6.45, 7) is 7.08. The number of hydrogen-bond donors (Lipinski definition) is 1. The van der Waals surface area contributed by atoms with Gasteiger partial charge in [0.2, 0.25) is 5.78 Å². The van der Waals surface area contributed by atoms with E-state index in [4.69, 9.17) is 30.5 Å². The molecule has 1 N–H and O–H groups in total. The Morgan fingerprint density at radius 3 is 2.54 bits per heavy atom. The topological polar surface area (TPSA) is 125 Å². The summed E-state index contributed by atoms with van der Waals surface area (Å²) in [4.78, 5) is 49.7. The third kappa shape index (κ3) is 4.31. The SMILES string of the molecule is CCCCOC(=O)OCC(=O)[C@@]1(OC(=O)OC)[C@H](C)C[C@H]2[C@@H]3CCC4=CC(=O)C=C[C@]4(C)[C@@]3(Cl)C(O)C[C@@]21C. The molecule has 10 heteroatoms. The van der Waals surface area contributed by atoms with Gasteiger partial charge < -0.3 is 24.1 Å². The zero-order valence-electron chi connectivity index (χ0n) is 23.3. The van der Waals surface area contributed by atoms with Crippen LogP contribution < -0.4 is 0 Å². The van der Waals surface area contributed by atoms with Crippen molar-refractivity contribution in [2.45, 2.75) is 82.8 Å². The van der Waals surface area contributed by atoms with Crippen LogP contribution in [0.3, 0.4) is 0 Å². The fourth-order valence-corrected chi connectivity index (χ4v) is 8.67. The second kappa shape index (κ2) is 10.5. The van der Waals surface area contributed by atoms with Crippen LogP contribution in [0.15, 0.2) is 23.8 Å². The Bertz CT molecular complexity index is 1100. The smallest absolute Gasteiger partial charge is 0.438 e. The average Bonchev–Trinajstić information content (AvgIpc) is 3.10. The number of halogens is 1. The lowest BCUT2D eigenvalue weighted by Gasteiger charge is -2.64. The van der Waals surface area contributed by atoms with Crippen LogP contribution in [0, 0.1) is 28.6 Å². The number of fused-ring (bicyclic) bond motifs is 5. The number of rotatable bonds is 7. The number of alkyl halides is 1. The van der Waals surface area contributed by atoms with Crippen LogP contribution >= 0.6 is 11.6 Å². The first-order valence-corrected chi connectivity index (χ1v) is 14.1. The van der Waals surface area contributed by atoms with Crippen molar-refractivity contribution >= 4 is 35.5 Å². The Labute approximate surface area is 234 Å². The highest BCUT2D eigenvalue weighted by Crippen LogP contribution is 2.72. The van der Waals surface area contributed by atoms with E-state index in [-0.39, 0.29) is 30.6 Å². The number of aliphatic hydroxyl groups is 1. The summed E-state index contributed by atoms with van der Waals surface area (Å²) < 4.78 is 20.9. The van der Waals surface area contributed by atoms with Gasteiger partial charge in [-0.3, -0.25) is 9.59 Å². The number of unbranched alkanes of at least 4 members (excludes halogenated alkanes) is 1. The monoisotopic (exact) mass is 566 g/mol. The molecule has 0 bridgehead atoms.